The SMILES string of the molecule is Cc1ccc(C(=O)N(C)CC2(O)CCN(c3cnccn3)C2)cn1. The highest BCUT2D eigenvalue weighted by molar-refractivity contribution is 5.93. The smallest absolute Gasteiger partial charge is 0.255 e. The number of carbonyl (C=O) groups is 1. The molecule has 0 spiro atoms. The molecule has 2 aromatic heterocycles. The van der Waals surface area contributed by atoms with Crippen LogP contribution < -0.4 is 4.90 Å². The van der Waals surface area contributed by atoms with Crippen LogP contribution in [0.25, 0.3) is 0 Å². The molecule has 1 fully saturated rings. The number of anilines is 1. The Hall–Kier alpha value is -2.54. The van der Waals surface area contributed by atoms with E-state index in [4.69, 9.17) is 0 Å². The zero-order valence-corrected chi connectivity index (χ0v) is 13.9. The van der Waals surface area contributed by atoms with E-state index in [1.165, 1.54) is 0 Å². The van der Waals surface area contributed by atoms with Crippen LogP contribution in [0.4, 0.5) is 5.82 Å². The van der Waals surface area contributed by atoms with Crippen LogP contribution in [0, 0.1) is 6.92 Å². The number of aromatic nitrogens is 3. The lowest BCUT2D eigenvalue weighted by molar-refractivity contribution is 0.0264. The summed E-state index contributed by atoms with van der Waals surface area (Å²) in [7, 11) is 1.70. The third kappa shape index (κ3) is 3.51. The molecule has 7 heteroatoms. The van der Waals surface area contributed by atoms with Crippen molar-refractivity contribution >= 4 is 11.7 Å². The molecular formula is C17H21N5O2. The standard InChI is InChI=1S/C17H21N5O2/c1-13-3-4-14(9-20-13)16(23)21(2)11-17(24)5-8-22(12-17)15-10-18-6-7-19-15/h3-4,6-7,9-10,24H,5,8,11-12H2,1-2H3. The quantitative estimate of drug-likeness (QED) is 0.898. The van der Waals surface area contributed by atoms with E-state index in [9.17, 15) is 9.90 Å². The highest BCUT2D eigenvalue weighted by atomic mass is 16.3. The first-order valence-electron chi connectivity index (χ1n) is 7.88. The topological polar surface area (TPSA) is 82.5 Å². The molecule has 126 valence electrons. The molecule has 3 heterocycles. The van der Waals surface area contributed by atoms with Crippen LogP contribution in [-0.4, -0.2) is 63.1 Å². The molecule has 0 radical (unpaired) electrons. The molecule has 1 unspecified atom stereocenters. The normalized spacial score (nSPS) is 20.2. The summed E-state index contributed by atoms with van der Waals surface area (Å²) in [5.41, 5.74) is 0.429. The first kappa shape index (κ1) is 16.3. The Labute approximate surface area is 141 Å². The van der Waals surface area contributed by atoms with E-state index >= 15 is 0 Å². The lowest BCUT2D eigenvalue weighted by Gasteiger charge is -2.29. The molecule has 3 rings (SSSR count). The van der Waals surface area contributed by atoms with Gasteiger partial charge in [-0.2, -0.15) is 0 Å². The highest BCUT2D eigenvalue weighted by Gasteiger charge is 2.38. The molecule has 7 nitrogen and oxygen atoms in total. The monoisotopic (exact) mass is 327 g/mol. The number of pyridine rings is 1. The number of aliphatic hydroxyl groups is 1. The number of hydrogen-bond acceptors (Lipinski definition) is 6. The van der Waals surface area contributed by atoms with Gasteiger partial charge < -0.3 is 14.9 Å². The Balaban J connectivity index is 1.64. The van der Waals surface area contributed by atoms with Crippen molar-refractivity contribution in [2.24, 2.45) is 0 Å². The fraction of sp³-hybridized carbons (Fsp3) is 0.412. The predicted octanol–water partition coefficient (Wildman–Crippen LogP) is 0.893. The van der Waals surface area contributed by atoms with E-state index in [0.29, 0.717) is 25.1 Å². The molecule has 0 saturated carbocycles. The van der Waals surface area contributed by atoms with Crippen molar-refractivity contribution in [2.45, 2.75) is 18.9 Å². The lowest BCUT2D eigenvalue weighted by atomic mass is 10.0. The molecule has 0 bridgehead atoms. The number of rotatable bonds is 4. The van der Waals surface area contributed by atoms with Gasteiger partial charge in [0.15, 0.2) is 0 Å². The van der Waals surface area contributed by atoms with Crippen LogP contribution >= 0.6 is 0 Å². The molecule has 2 aromatic rings. The Bertz CT molecular complexity index is 707. The van der Waals surface area contributed by atoms with E-state index < -0.39 is 5.60 Å². The van der Waals surface area contributed by atoms with Crippen molar-refractivity contribution in [1.29, 1.82) is 0 Å². The fourth-order valence-electron chi connectivity index (χ4n) is 2.96. The maximum atomic E-state index is 12.5. The highest BCUT2D eigenvalue weighted by Crippen LogP contribution is 2.26. The van der Waals surface area contributed by atoms with Gasteiger partial charge in [0.2, 0.25) is 0 Å². The van der Waals surface area contributed by atoms with Crippen molar-refractivity contribution in [1.82, 2.24) is 19.9 Å². The minimum absolute atomic E-state index is 0.145. The minimum atomic E-state index is -0.958. The van der Waals surface area contributed by atoms with Crippen LogP contribution in [0.3, 0.4) is 0 Å². The number of carbonyl (C=O) groups excluding carboxylic acids is 1. The van der Waals surface area contributed by atoms with Crippen molar-refractivity contribution in [3.63, 3.8) is 0 Å². The number of nitrogens with zero attached hydrogens (tertiary/aromatic N) is 5. The summed E-state index contributed by atoms with van der Waals surface area (Å²) in [5, 5.41) is 10.8. The Morgan fingerprint density at radius 2 is 2.17 bits per heavy atom. The fourth-order valence-corrected chi connectivity index (χ4v) is 2.96. The van der Waals surface area contributed by atoms with Crippen LogP contribution in [0.2, 0.25) is 0 Å². The Morgan fingerprint density at radius 1 is 1.33 bits per heavy atom. The summed E-state index contributed by atoms with van der Waals surface area (Å²) >= 11 is 0. The second kappa shape index (κ2) is 6.52. The number of likely N-dealkylation sites (N-methyl/N-ethyl adjacent to an activating group) is 1. The average molecular weight is 327 g/mol. The van der Waals surface area contributed by atoms with Gasteiger partial charge in [0.05, 0.1) is 18.3 Å². The minimum Gasteiger partial charge on any atom is -0.386 e. The van der Waals surface area contributed by atoms with E-state index in [0.717, 1.165) is 11.5 Å². The van der Waals surface area contributed by atoms with Gasteiger partial charge >= 0.3 is 0 Å². The van der Waals surface area contributed by atoms with Gasteiger partial charge in [-0.15, -0.1) is 0 Å². The van der Waals surface area contributed by atoms with Gasteiger partial charge in [-0.1, -0.05) is 0 Å². The van der Waals surface area contributed by atoms with Crippen molar-refractivity contribution in [2.75, 3.05) is 31.6 Å². The summed E-state index contributed by atoms with van der Waals surface area (Å²) in [6.45, 7) is 3.25. The first-order chi connectivity index (χ1) is 11.5. The van der Waals surface area contributed by atoms with E-state index in [1.54, 1.807) is 48.9 Å². The van der Waals surface area contributed by atoms with Gasteiger partial charge in [0, 0.05) is 44.4 Å². The maximum absolute atomic E-state index is 12.5. The molecule has 1 aliphatic rings. The number of aryl methyl sites for hydroxylation is 1. The molecule has 1 aliphatic heterocycles. The van der Waals surface area contributed by atoms with E-state index in [1.807, 2.05) is 11.8 Å². The summed E-state index contributed by atoms with van der Waals surface area (Å²) in [6.07, 6.45) is 7.07. The summed E-state index contributed by atoms with van der Waals surface area (Å²) in [6, 6.07) is 3.56. The molecule has 0 aliphatic carbocycles. The third-order valence-corrected chi connectivity index (χ3v) is 4.24. The van der Waals surface area contributed by atoms with Crippen molar-refractivity contribution < 1.29 is 9.90 Å². The molecular weight excluding hydrogens is 306 g/mol. The Kier molecular flexibility index (Phi) is 4.44. The number of β-amino-alcohol motifs (C(OH)–C–C–N with tert-alkyl or cyclic N) is 1. The zero-order chi connectivity index (χ0) is 17.2. The number of hydrogen-bond donors (Lipinski definition) is 1. The van der Waals surface area contributed by atoms with E-state index in [2.05, 4.69) is 15.0 Å². The van der Waals surface area contributed by atoms with Crippen LogP contribution in [0.5, 0.6) is 0 Å². The van der Waals surface area contributed by atoms with Gasteiger partial charge in [0.25, 0.3) is 5.91 Å². The molecule has 1 N–H and O–H groups in total. The van der Waals surface area contributed by atoms with Gasteiger partial charge in [-0.3, -0.25) is 14.8 Å². The molecule has 1 atom stereocenters. The van der Waals surface area contributed by atoms with Crippen LogP contribution in [-0.2, 0) is 0 Å². The van der Waals surface area contributed by atoms with Gasteiger partial charge in [-0.05, 0) is 25.5 Å². The lowest BCUT2D eigenvalue weighted by Crippen LogP contribution is -2.46. The third-order valence-electron chi connectivity index (χ3n) is 4.24. The molecule has 0 aromatic carbocycles. The van der Waals surface area contributed by atoms with Crippen molar-refractivity contribution in [3.05, 3.63) is 48.2 Å². The zero-order valence-electron chi connectivity index (χ0n) is 13.9. The summed E-state index contributed by atoms with van der Waals surface area (Å²) < 4.78 is 0. The predicted molar refractivity (Wildman–Crippen MR) is 89.7 cm³/mol. The second-order valence-corrected chi connectivity index (χ2v) is 6.31. The first-order valence-corrected chi connectivity index (χ1v) is 7.88. The van der Waals surface area contributed by atoms with Gasteiger partial charge in [-0.25, -0.2) is 4.98 Å². The second-order valence-electron chi connectivity index (χ2n) is 6.31. The maximum Gasteiger partial charge on any atom is 0.255 e. The molecule has 1 saturated heterocycles. The van der Waals surface area contributed by atoms with Gasteiger partial charge in [0.1, 0.15) is 11.4 Å². The van der Waals surface area contributed by atoms with Crippen LogP contribution in [0.1, 0.15) is 22.5 Å². The average Bonchev–Trinajstić information content (AvgIpc) is 2.97. The summed E-state index contributed by atoms with van der Waals surface area (Å²) in [5.74, 6) is 0.596. The van der Waals surface area contributed by atoms with Crippen molar-refractivity contribution in [3.8, 4) is 0 Å². The molecule has 24 heavy (non-hydrogen) atoms. The van der Waals surface area contributed by atoms with E-state index in [-0.39, 0.29) is 12.5 Å². The molecule has 1 amide bonds. The summed E-state index contributed by atoms with van der Waals surface area (Å²) in [4.78, 5) is 28.5. The Morgan fingerprint density at radius 3 is 2.83 bits per heavy atom. The number of amides is 1. The van der Waals surface area contributed by atoms with Crippen LogP contribution in [0.15, 0.2) is 36.9 Å². The largest absolute Gasteiger partial charge is 0.386 e.